The number of furan rings is 1. The summed E-state index contributed by atoms with van der Waals surface area (Å²) in [5, 5.41) is 0. The average molecular weight is 280 g/mol. The van der Waals surface area contributed by atoms with Crippen LogP contribution < -0.4 is 5.73 Å². The number of hydrogen-bond acceptors (Lipinski definition) is 2. The van der Waals surface area contributed by atoms with Gasteiger partial charge in [0.15, 0.2) is 0 Å². The van der Waals surface area contributed by atoms with E-state index in [4.69, 9.17) is 10.2 Å². The zero-order chi connectivity index (χ0) is 11.4. The van der Waals surface area contributed by atoms with Gasteiger partial charge in [0.05, 0.1) is 0 Å². The smallest absolute Gasteiger partial charge is 0.108 e. The zero-order valence-electron chi connectivity index (χ0n) is 8.95. The van der Waals surface area contributed by atoms with Crippen LogP contribution in [0.5, 0.6) is 0 Å². The van der Waals surface area contributed by atoms with E-state index in [0.29, 0.717) is 6.54 Å². The Kier molecular flexibility index (Phi) is 3.80. The molecule has 0 fully saturated rings. The van der Waals surface area contributed by atoms with Crippen molar-refractivity contribution >= 4 is 15.9 Å². The van der Waals surface area contributed by atoms with E-state index in [0.717, 1.165) is 28.8 Å². The summed E-state index contributed by atoms with van der Waals surface area (Å²) in [4.78, 5) is 0. The highest BCUT2D eigenvalue weighted by Gasteiger charge is 2.02. The van der Waals surface area contributed by atoms with Crippen LogP contribution in [0.25, 0.3) is 0 Å². The minimum Gasteiger partial charge on any atom is -0.466 e. The molecule has 3 heteroatoms. The summed E-state index contributed by atoms with van der Waals surface area (Å²) in [7, 11) is 0. The summed E-state index contributed by atoms with van der Waals surface area (Å²) in [5.41, 5.74) is 6.72. The highest BCUT2D eigenvalue weighted by atomic mass is 79.9. The van der Waals surface area contributed by atoms with Gasteiger partial charge in [-0.2, -0.15) is 0 Å². The van der Waals surface area contributed by atoms with Gasteiger partial charge in [0.1, 0.15) is 11.5 Å². The fourth-order valence-corrected chi connectivity index (χ4v) is 1.86. The molecule has 0 aliphatic carbocycles. The lowest BCUT2D eigenvalue weighted by Gasteiger charge is -1.98. The molecule has 2 aromatic rings. The molecule has 2 nitrogen and oxygen atoms in total. The number of halogens is 1. The second-order valence-electron chi connectivity index (χ2n) is 3.71. The zero-order valence-corrected chi connectivity index (χ0v) is 10.5. The minimum absolute atomic E-state index is 0.630. The molecule has 0 saturated carbocycles. The first kappa shape index (κ1) is 11.4. The molecule has 0 amide bonds. The van der Waals surface area contributed by atoms with Crippen molar-refractivity contribution in [3.63, 3.8) is 0 Å². The topological polar surface area (TPSA) is 39.2 Å². The van der Waals surface area contributed by atoms with Crippen LogP contribution in [0.4, 0.5) is 0 Å². The molecule has 16 heavy (non-hydrogen) atoms. The van der Waals surface area contributed by atoms with E-state index in [2.05, 4.69) is 28.1 Å². The van der Waals surface area contributed by atoms with E-state index in [1.54, 1.807) is 0 Å². The van der Waals surface area contributed by atoms with Gasteiger partial charge in [-0.05, 0) is 36.4 Å². The van der Waals surface area contributed by atoms with Crippen LogP contribution in [0.1, 0.15) is 17.1 Å². The molecule has 0 atom stereocenters. The third-order valence-electron chi connectivity index (χ3n) is 2.40. The van der Waals surface area contributed by atoms with E-state index < -0.39 is 0 Å². The van der Waals surface area contributed by atoms with Crippen molar-refractivity contribution in [2.75, 3.05) is 6.54 Å². The predicted octanol–water partition coefficient (Wildman–Crippen LogP) is 3.13. The fraction of sp³-hybridized carbons (Fsp3) is 0.231. The lowest BCUT2D eigenvalue weighted by Crippen LogP contribution is -2.01. The van der Waals surface area contributed by atoms with Gasteiger partial charge in [0.25, 0.3) is 0 Å². The van der Waals surface area contributed by atoms with Gasteiger partial charge in [-0.1, -0.05) is 28.1 Å². The molecule has 0 radical (unpaired) electrons. The molecule has 0 aliphatic heterocycles. The van der Waals surface area contributed by atoms with Gasteiger partial charge in [0.2, 0.25) is 0 Å². The van der Waals surface area contributed by atoms with E-state index in [9.17, 15) is 0 Å². The van der Waals surface area contributed by atoms with Crippen molar-refractivity contribution in [1.82, 2.24) is 0 Å². The maximum Gasteiger partial charge on any atom is 0.108 e. The summed E-state index contributed by atoms with van der Waals surface area (Å²) in [6.45, 7) is 0.630. The Morgan fingerprint density at radius 2 is 1.69 bits per heavy atom. The monoisotopic (exact) mass is 279 g/mol. The Hall–Kier alpha value is -1.06. The van der Waals surface area contributed by atoms with Crippen LogP contribution in [0.15, 0.2) is 45.3 Å². The van der Waals surface area contributed by atoms with Crippen LogP contribution >= 0.6 is 15.9 Å². The molecular formula is C13H14BrNO. The predicted molar refractivity (Wildman–Crippen MR) is 68.4 cm³/mol. The van der Waals surface area contributed by atoms with Crippen molar-refractivity contribution in [3.05, 3.63) is 58.0 Å². The molecule has 0 aliphatic rings. The molecular weight excluding hydrogens is 266 g/mol. The lowest BCUT2D eigenvalue weighted by atomic mass is 10.1. The molecule has 84 valence electrons. The Labute approximate surface area is 104 Å². The third-order valence-corrected chi connectivity index (χ3v) is 2.93. The van der Waals surface area contributed by atoms with Crippen LogP contribution in [0, 0.1) is 0 Å². The van der Waals surface area contributed by atoms with Crippen molar-refractivity contribution in [1.29, 1.82) is 0 Å². The first-order chi connectivity index (χ1) is 7.78. The Morgan fingerprint density at radius 3 is 2.38 bits per heavy atom. The van der Waals surface area contributed by atoms with E-state index in [-0.39, 0.29) is 0 Å². The fourth-order valence-electron chi connectivity index (χ4n) is 1.60. The largest absolute Gasteiger partial charge is 0.466 e. The Morgan fingerprint density at radius 1 is 1.00 bits per heavy atom. The summed E-state index contributed by atoms with van der Waals surface area (Å²) in [5.74, 6) is 1.96. The number of hydrogen-bond donors (Lipinski definition) is 1. The normalized spacial score (nSPS) is 10.6. The summed E-state index contributed by atoms with van der Waals surface area (Å²) in [6, 6.07) is 12.3. The molecule has 0 bridgehead atoms. The van der Waals surface area contributed by atoms with E-state index >= 15 is 0 Å². The first-order valence-corrected chi connectivity index (χ1v) is 6.09. The van der Waals surface area contributed by atoms with Gasteiger partial charge >= 0.3 is 0 Å². The van der Waals surface area contributed by atoms with Gasteiger partial charge in [-0.25, -0.2) is 0 Å². The quantitative estimate of drug-likeness (QED) is 0.934. The van der Waals surface area contributed by atoms with Gasteiger partial charge in [0, 0.05) is 17.3 Å². The average Bonchev–Trinajstić information content (AvgIpc) is 2.70. The van der Waals surface area contributed by atoms with Crippen molar-refractivity contribution in [3.8, 4) is 0 Å². The highest BCUT2D eigenvalue weighted by Crippen LogP contribution is 2.16. The highest BCUT2D eigenvalue weighted by molar-refractivity contribution is 9.10. The summed E-state index contributed by atoms with van der Waals surface area (Å²) < 4.78 is 6.76. The van der Waals surface area contributed by atoms with E-state index in [1.165, 1.54) is 5.56 Å². The number of nitrogens with two attached hydrogens (primary N) is 1. The molecule has 0 spiro atoms. The van der Waals surface area contributed by atoms with Crippen molar-refractivity contribution in [2.45, 2.75) is 12.8 Å². The Bertz CT molecular complexity index is 447. The summed E-state index contributed by atoms with van der Waals surface area (Å²) in [6.07, 6.45) is 1.64. The molecule has 2 rings (SSSR count). The molecule has 1 aromatic carbocycles. The SMILES string of the molecule is NCCc1ccc(Cc2ccc(Br)cc2)o1. The molecule has 0 unspecified atom stereocenters. The molecule has 1 aromatic heterocycles. The second kappa shape index (κ2) is 5.32. The molecule has 1 heterocycles. The van der Waals surface area contributed by atoms with Gasteiger partial charge in [-0.3, -0.25) is 0 Å². The van der Waals surface area contributed by atoms with Crippen LogP contribution in [0.2, 0.25) is 0 Å². The molecule has 0 saturated heterocycles. The second-order valence-corrected chi connectivity index (χ2v) is 4.63. The van der Waals surface area contributed by atoms with Crippen molar-refractivity contribution in [2.24, 2.45) is 5.73 Å². The van der Waals surface area contributed by atoms with Crippen molar-refractivity contribution < 1.29 is 4.42 Å². The van der Waals surface area contributed by atoms with E-state index in [1.807, 2.05) is 24.3 Å². The van der Waals surface area contributed by atoms with Crippen LogP contribution in [-0.2, 0) is 12.8 Å². The summed E-state index contributed by atoms with van der Waals surface area (Å²) >= 11 is 3.42. The lowest BCUT2D eigenvalue weighted by molar-refractivity contribution is 0.474. The minimum atomic E-state index is 0.630. The number of rotatable bonds is 4. The maximum absolute atomic E-state index is 5.67. The molecule has 2 N–H and O–H groups in total. The van der Waals surface area contributed by atoms with Gasteiger partial charge in [-0.15, -0.1) is 0 Å². The van der Waals surface area contributed by atoms with Gasteiger partial charge < -0.3 is 10.2 Å². The maximum atomic E-state index is 5.67. The van der Waals surface area contributed by atoms with Crippen LogP contribution in [-0.4, -0.2) is 6.54 Å². The third kappa shape index (κ3) is 2.97. The Balaban J connectivity index is 2.05. The van der Waals surface area contributed by atoms with Crippen LogP contribution in [0.3, 0.4) is 0 Å². The first-order valence-electron chi connectivity index (χ1n) is 5.30. The standard InChI is InChI=1S/C13H14BrNO/c14-11-3-1-10(2-4-11)9-13-6-5-12(16-13)7-8-15/h1-6H,7-9,15H2. The number of benzene rings is 1.